The Kier molecular flexibility index (Phi) is 4.93. The summed E-state index contributed by atoms with van der Waals surface area (Å²) < 4.78 is 5.74. The summed E-state index contributed by atoms with van der Waals surface area (Å²) in [5.41, 5.74) is 6.93. The van der Waals surface area contributed by atoms with E-state index in [2.05, 4.69) is 10.5 Å². The van der Waals surface area contributed by atoms with Gasteiger partial charge >= 0.3 is 6.09 Å². The molecule has 1 aliphatic rings. The van der Waals surface area contributed by atoms with Crippen LogP contribution in [0.4, 0.5) is 16.2 Å². The lowest BCUT2D eigenvalue weighted by molar-refractivity contribution is 0.197. The minimum atomic E-state index is -1.00. The molecule has 28 heavy (non-hydrogen) atoms. The molecule has 140 valence electrons. The van der Waals surface area contributed by atoms with Crippen molar-refractivity contribution in [2.24, 2.45) is 5.10 Å². The molecule has 0 saturated heterocycles. The summed E-state index contributed by atoms with van der Waals surface area (Å²) >= 11 is 0. The molecular weight excluding hydrogens is 354 g/mol. The minimum Gasteiger partial charge on any atom is -0.487 e. The number of hydrogen-bond acceptors (Lipinski definition) is 4. The predicted octanol–water partition coefficient (Wildman–Crippen LogP) is 4.43. The van der Waals surface area contributed by atoms with E-state index in [1.54, 1.807) is 12.1 Å². The molecule has 0 atom stereocenters. The number of amides is 1. The van der Waals surface area contributed by atoms with Gasteiger partial charge in [-0.3, -0.25) is 10.3 Å². The van der Waals surface area contributed by atoms with E-state index in [0.717, 1.165) is 16.8 Å². The summed E-state index contributed by atoms with van der Waals surface area (Å²) in [6.07, 6.45) is -1.00. The third-order valence-electron chi connectivity index (χ3n) is 4.46. The highest BCUT2D eigenvalue weighted by Gasteiger charge is 2.25. The first-order chi connectivity index (χ1) is 13.7. The van der Waals surface area contributed by atoms with Crippen molar-refractivity contribution in [2.45, 2.75) is 0 Å². The lowest BCUT2D eigenvalue weighted by Crippen LogP contribution is -2.36. The maximum Gasteiger partial charge on any atom is 0.412 e. The molecule has 6 nitrogen and oxygen atoms in total. The normalized spacial score (nSPS) is 12.5. The minimum absolute atomic E-state index is 0.298. The van der Waals surface area contributed by atoms with Crippen LogP contribution < -0.4 is 15.1 Å². The maximum atomic E-state index is 11.5. The van der Waals surface area contributed by atoms with Gasteiger partial charge in [-0.1, -0.05) is 66.7 Å². The van der Waals surface area contributed by atoms with Crippen molar-refractivity contribution < 1.29 is 14.6 Å². The van der Waals surface area contributed by atoms with E-state index in [4.69, 9.17) is 4.74 Å². The van der Waals surface area contributed by atoms with Crippen molar-refractivity contribution in [2.75, 3.05) is 23.5 Å². The van der Waals surface area contributed by atoms with Crippen LogP contribution in [0.1, 0.15) is 11.1 Å². The number of fused-ring (bicyclic) bond motifs is 1. The van der Waals surface area contributed by atoms with Crippen LogP contribution in [0.25, 0.3) is 0 Å². The number of rotatable bonds is 4. The third kappa shape index (κ3) is 3.53. The molecule has 0 bridgehead atoms. The monoisotopic (exact) mass is 373 g/mol. The number of hydrogen-bond donors (Lipinski definition) is 2. The van der Waals surface area contributed by atoms with Gasteiger partial charge in [0, 0.05) is 11.1 Å². The number of nitrogens with zero attached hydrogens (tertiary/aromatic N) is 2. The summed E-state index contributed by atoms with van der Waals surface area (Å²) in [7, 11) is 0. The standard InChI is InChI=1S/C22H19N3O3/c26-22(27)25-14-15-28-21-18(12-7-13-19(21)25)23-24-20(16-8-3-1-4-9-16)17-10-5-2-6-11-17/h1-13,23H,14-15H2,(H,26,27). The largest absolute Gasteiger partial charge is 0.487 e. The van der Waals surface area contributed by atoms with Gasteiger partial charge in [0.25, 0.3) is 0 Å². The Morgan fingerprint density at radius 3 is 2.18 bits per heavy atom. The first-order valence-electron chi connectivity index (χ1n) is 8.95. The summed E-state index contributed by atoms with van der Waals surface area (Å²) in [4.78, 5) is 12.8. The van der Waals surface area contributed by atoms with Gasteiger partial charge in [-0.05, 0) is 12.1 Å². The van der Waals surface area contributed by atoms with Crippen molar-refractivity contribution in [3.8, 4) is 5.75 Å². The number of carboxylic acid groups (broad SMARTS) is 1. The molecule has 0 saturated carbocycles. The lowest BCUT2D eigenvalue weighted by Gasteiger charge is -2.28. The average Bonchev–Trinajstić information content (AvgIpc) is 2.75. The van der Waals surface area contributed by atoms with Crippen molar-refractivity contribution in [3.05, 3.63) is 90.0 Å². The lowest BCUT2D eigenvalue weighted by atomic mass is 10.0. The number of anilines is 2. The zero-order chi connectivity index (χ0) is 19.3. The molecule has 0 aromatic heterocycles. The Balaban J connectivity index is 1.72. The molecule has 0 spiro atoms. The molecule has 1 amide bonds. The van der Waals surface area contributed by atoms with Crippen molar-refractivity contribution in [3.63, 3.8) is 0 Å². The number of para-hydroxylation sites is 1. The van der Waals surface area contributed by atoms with E-state index in [1.165, 1.54) is 4.90 Å². The number of ether oxygens (including phenoxy) is 1. The van der Waals surface area contributed by atoms with E-state index in [9.17, 15) is 9.90 Å². The fourth-order valence-corrected chi connectivity index (χ4v) is 3.14. The quantitative estimate of drug-likeness (QED) is 0.524. The molecule has 6 heteroatoms. The summed E-state index contributed by atoms with van der Waals surface area (Å²) in [5, 5.41) is 14.0. The van der Waals surface area contributed by atoms with Crippen molar-refractivity contribution in [1.29, 1.82) is 0 Å². The highest BCUT2D eigenvalue weighted by Crippen LogP contribution is 2.38. The van der Waals surface area contributed by atoms with Gasteiger partial charge in [0.1, 0.15) is 12.3 Å². The zero-order valence-corrected chi connectivity index (χ0v) is 15.1. The number of carbonyl (C=O) groups is 1. The van der Waals surface area contributed by atoms with Crippen molar-refractivity contribution in [1.82, 2.24) is 0 Å². The fraction of sp³-hybridized carbons (Fsp3) is 0.0909. The number of benzene rings is 3. The number of hydrazone groups is 1. The number of nitrogens with one attached hydrogen (secondary N) is 1. The molecule has 1 heterocycles. The molecule has 4 rings (SSSR count). The van der Waals surface area contributed by atoms with Crippen LogP contribution in [0.2, 0.25) is 0 Å². The van der Waals surface area contributed by atoms with Crippen molar-refractivity contribution >= 4 is 23.2 Å². The topological polar surface area (TPSA) is 74.2 Å². The second-order valence-electron chi connectivity index (χ2n) is 6.24. The molecule has 0 unspecified atom stereocenters. The molecule has 1 aliphatic heterocycles. The first-order valence-corrected chi connectivity index (χ1v) is 8.95. The van der Waals surface area contributed by atoms with Gasteiger partial charge in [0.15, 0.2) is 5.75 Å². The van der Waals surface area contributed by atoms with E-state index in [1.807, 2.05) is 66.7 Å². The van der Waals surface area contributed by atoms with Gasteiger partial charge in [-0.25, -0.2) is 4.79 Å². The van der Waals surface area contributed by atoms with E-state index in [-0.39, 0.29) is 0 Å². The van der Waals surface area contributed by atoms with Crippen LogP contribution in [0.5, 0.6) is 5.75 Å². The van der Waals surface area contributed by atoms with E-state index >= 15 is 0 Å². The molecular formula is C22H19N3O3. The van der Waals surface area contributed by atoms with Crippen LogP contribution in [-0.2, 0) is 0 Å². The van der Waals surface area contributed by atoms with Gasteiger partial charge in [0.05, 0.1) is 17.9 Å². The van der Waals surface area contributed by atoms with Crippen LogP contribution in [0.15, 0.2) is 84.0 Å². The molecule has 3 aromatic carbocycles. The SMILES string of the molecule is O=C(O)N1CCOc2c(NN=C(c3ccccc3)c3ccccc3)cccc21. The van der Waals surface area contributed by atoms with Gasteiger partial charge in [0.2, 0.25) is 0 Å². The van der Waals surface area contributed by atoms with Gasteiger partial charge in [-0.2, -0.15) is 5.10 Å². The molecule has 2 N–H and O–H groups in total. The Morgan fingerprint density at radius 2 is 1.57 bits per heavy atom. The Labute approximate surface area is 162 Å². The molecule has 0 aliphatic carbocycles. The maximum absolute atomic E-state index is 11.5. The summed E-state index contributed by atoms with van der Waals surface area (Å²) in [6, 6.07) is 25.1. The van der Waals surface area contributed by atoms with Crippen LogP contribution in [0, 0.1) is 0 Å². The molecule has 0 fully saturated rings. The Bertz CT molecular complexity index is 963. The molecule has 3 aromatic rings. The van der Waals surface area contributed by atoms with Gasteiger partial charge < -0.3 is 9.84 Å². The summed E-state index contributed by atoms with van der Waals surface area (Å²) in [6.45, 7) is 0.597. The van der Waals surface area contributed by atoms with E-state index < -0.39 is 6.09 Å². The Hall–Kier alpha value is -3.80. The van der Waals surface area contributed by atoms with Crippen LogP contribution in [0.3, 0.4) is 0 Å². The highest BCUT2D eigenvalue weighted by molar-refractivity contribution is 6.13. The second kappa shape index (κ2) is 7.84. The molecule has 0 radical (unpaired) electrons. The third-order valence-corrected chi connectivity index (χ3v) is 4.46. The smallest absolute Gasteiger partial charge is 0.412 e. The van der Waals surface area contributed by atoms with Crippen LogP contribution in [-0.4, -0.2) is 30.1 Å². The Morgan fingerprint density at radius 1 is 0.929 bits per heavy atom. The average molecular weight is 373 g/mol. The first kappa shape index (κ1) is 17.6. The second-order valence-corrected chi connectivity index (χ2v) is 6.24. The van der Waals surface area contributed by atoms with Crippen LogP contribution >= 0.6 is 0 Å². The summed E-state index contributed by atoms with van der Waals surface area (Å²) in [5.74, 6) is 0.486. The highest BCUT2D eigenvalue weighted by atomic mass is 16.5. The van der Waals surface area contributed by atoms with Gasteiger partial charge in [-0.15, -0.1) is 0 Å². The predicted molar refractivity (Wildman–Crippen MR) is 109 cm³/mol. The fourth-order valence-electron chi connectivity index (χ4n) is 3.14. The van der Waals surface area contributed by atoms with E-state index in [0.29, 0.717) is 30.3 Å². The zero-order valence-electron chi connectivity index (χ0n) is 15.1.